The summed E-state index contributed by atoms with van der Waals surface area (Å²) in [6, 6.07) is 3.77. The van der Waals surface area contributed by atoms with Crippen molar-refractivity contribution in [2.75, 3.05) is 33.3 Å². The van der Waals surface area contributed by atoms with Gasteiger partial charge in [-0.15, -0.1) is 12.4 Å². The molecule has 0 aromatic heterocycles. The normalized spacial score (nSPS) is 24.0. The van der Waals surface area contributed by atoms with E-state index in [4.69, 9.17) is 4.74 Å². The molecule has 8 nitrogen and oxygen atoms in total. The average molecular weight is 378 g/mol. The summed E-state index contributed by atoms with van der Waals surface area (Å²) in [7, 11) is -2.42. The minimum Gasteiger partial charge on any atom is -0.490 e. The number of nitrogens with zero attached hydrogens (tertiary/aromatic N) is 2. The molecular weight excluding hydrogens is 358 g/mol. The fourth-order valence-corrected chi connectivity index (χ4v) is 4.87. The van der Waals surface area contributed by atoms with Crippen molar-refractivity contribution in [3.8, 4) is 5.75 Å². The number of nitrogens with one attached hydrogen (secondary N) is 1. The highest BCUT2D eigenvalue weighted by Crippen LogP contribution is 2.33. The van der Waals surface area contributed by atoms with Crippen LogP contribution >= 0.6 is 12.4 Å². The third kappa shape index (κ3) is 3.34. The summed E-state index contributed by atoms with van der Waals surface area (Å²) < 4.78 is 31.9. The fraction of sp³-hybridized carbons (Fsp3) is 0.571. The van der Waals surface area contributed by atoms with Crippen LogP contribution in [-0.2, 0) is 10.0 Å². The lowest BCUT2D eigenvalue weighted by Gasteiger charge is -2.33. The molecule has 1 N–H and O–H groups in total. The minimum atomic E-state index is -3.74. The van der Waals surface area contributed by atoms with E-state index in [2.05, 4.69) is 5.32 Å². The van der Waals surface area contributed by atoms with Gasteiger partial charge in [0.25, 0.3) is 0 Å². The SMILES string of the molecule is COc1ccc(S(=O)(=O)N2CCC3CNCC3C2)cc1[N+](=O)[O-].Cl. The van der Waals surface area contributed by atoms with E-state index >= 15 is 0 Å². The van der Waals surface area contributed by atoms with E-state index < -0.39 is 14.9 Å². The van der Waals surface area contributed by atoms with Gasteiger partial charge >= 0.3 is 5.69 Å². The van der Waals surface area contributed by atoms with Crippen molar-refractivity contribution in [3.05, 3.63) is 28.3 Å². The molecule has 2 aliphatic rings. The molecule has 10 heteroatoms. The number of hydrogen-bond donors (Lipinski definition) is 1. The lowest BCUT2D eigenvalue weighted by atomic mass is 9.90. The smallest absolute Gasteiger partial charge is 0.312 e. The first kappa shape index (κ1) is 18.9. The van der Waals surface area contributed by atoms with Gasteiger partial charge in [-0.3, -0.25) is 10.1 Å². The molecule has 0 amide bonds. The summed E-state index contributed by atoms with van der Waals surface area (Å²) in [5, 5.41) is 14.4. The Hall–Kier alpha value is -1.42. The predicted octanol–water partition coefficient (Wildman–Crippen LogP) is 1.26. The largest absolute Gasteiger partial charge is 0.490 e. The fourth-order valence-electron chi connectivity index (χ4n) is 3.34. The second-order valence-corrected chi connectivity index (χ2v) is 7.86. The Morgan fingerprint density at radius 3 is 2.71 bits per heavy atom. The van der Waals surface area contributed by atoms with Gasteiger partial charge < -0.3 is 10.1 Å². The molecule has 134 valence electrons. The maximum Gasteiger partial charge on any atom is 0.312 e. The number of benzene rings is 1. The van der Waals surface area contributed by atoms with Crippen LogP contribution in [0.25, 0.3) is 0 Å². The van der Waals surface area contributed by atoms with E-state index in [1.165, 1.54) is 23.5 Å². The van der Waals surface area contributed by atoms with E-state index in [0.29, 0.717) is 24.9 Å². The average Bonchev–Trinajstić information content (AvgIpc) is 3.01. The maximum atomic E-state index is 12.8. The van der Waals surface area contributed by atoms with Crippen LogP contribution in [0.15, 0.2) is 23.1 Å². The molecule has 0 aliphatic carbocycles. The van der Waals surface area contributed by atoms with Gasteiger partial charge in [-0.05, 0) is 43.5 Å². The molecule has 2 aliphatic heterocycles. The van der Waals surface area contributed by atoms with Gasteiger partial charge in [-0.25, -0.2) is 8.42 Å². The van der Waals surface area contributed by atoms with Gasteiger partial charge in [0.15, 0.2) is 5.75 Å². The number of methoxy groups -OCH3 is 1. The first-order valence-electron chi connectivity index (χ1n) is 7.47. The van der Waals surface area contributed by atoms with E-state index in [1.54, 1.807) is 0 Å². The van der Waals surface area contributed by atoms with Crippen LogP contribution in [0, 0.1) is 22.0 Å². The highest BCUT2D eigenvalue weighted by atomic mass is 35.5. The first-order chi connectivity index (χ1) is 10.9. The number of nitro benzene ring substituents is 1. The molecule has 1 aromatic rings. The molecule has 0 spiro atoms. The summed E-state index contributed by atoms with van der Waals surface area (Å²) >= 11 is 0. The van der Waals surface area contributed by atoms with E-state index in [0.717, 1.165) is 25.6 Å². The zero-order valence-corrected chi connectivity index (χ0v) is 14.8. The van der Waals surface area contributed by atoms with Gasteiger partial charge in [0.2, 0.25) is 10.0 Å². The number of fused-ring (bicyclic) bond motifs is 1. The summed E-state index contributed by atoms with van der Waals surface area (Å²) in [5.41, 5.74) is -0.342. The van der Waals surface area contributed by atoms with Crippen LogP contribution in [0.1, 0.15) is 6.42 Å². The number of rotatable bonds is 4. The summed E-state index contributed by atoms with van der Waals surface area (Å²) in [6.07, 6.45) is 0.815. The first-order valence-corrected chi connectivity index (χ1v) is 8.91. The van der Waals surface area contributed by atoms with Crippen molar-refractivity contribution in [3.63, 3.8) is 0 Å². The van der Waals surface area contributed by atoms with Gasteiger partial charge in [0, 0.05) is 19.2 Å². The molecule has 0 saturated carbocycles. The molecule has 2 atom stereocenters. The van der Waals surface area contributed by atoms with Crippen molar-refractivity contribution in [2.24, 2.45) is 11.8 Å². The van der Waals surface area contributed by atoms with Crippen LogP contribution in [-0.4, -0.2) is 50.9 Å². The molecule has 0 radical (unpaired) electrons. The Labute approximate surface area is 146 Å². The molecule has 2 heterocycles. The minimum absolute atomic E-state index is 0. The third-order valence-corrected chi connectivity index (χ3v) is 6.51. The van der Waals surface area contributed by atoms with Gasteiger partial charge in [0.05, 0.1) is 16.9 Å². The Kier molecular flexibility index (Phi) is 5.69. The van der Waals surface area contributed by atoms with Crippen LogP contribution < -0.4 is 10.1 Å². The summed E-state index contributed by atoms with van der Waals surface area (Å²) in [4.78, 5) is 10.4. The van der Waals surface area contributed by atoms with E-state index in [9.17, 15) is 18.5 Å². The zero-order valence-electron chi connectivity index (χ0n) is 13.2. The number of nitro groups is 1. The van der Waals surface area contributed by atoms with Gasteiger partial charge in [-0.1, -0.05) is 0 Å². The highest BCUT2D eigenvalue weighted by Gasteiger charge is 2.38. The standard InChI is InChI=1S/C14H19N3O5S.ClH/c1-22-14-3-2-12(6-13(14)17(18)19)23(20,21)16-5-4-10-7-15-8-11(10)9-16;/h2-3,6,10-11,15H,4-5,7-9H2,1H3;1H. The molecule has 3 rings (SSSR count). The Morgan fingerprint density at radius 1 is 1.33 bits per heavy atom. The second-order valence-electron chi connectivity index (χ2n) is 5.92. The van der Waals surface area contributed by atoms with Gasteiger partial charge in [-0.2, -0.15) is 4.31 Å². The second kappa shape index (κ2) is 7.22. The Morgan fingerprint density at radius 2 is 2.04 bits per heavy atom. The van der Waals surface area contributed by atoms with Crippen LogP contribution in [0.2, 0.25) is 0 Å². The van der Waals surface area contributed by atoms with Crippen molar-refractivity contribution >= 4 is 28.1 Å². The topological polar surface area (TPSA) is 102 Å². The quantitative estimate of drug-likeness (QED) is 0.626. The molecule has 1 aromatic carbocycles. The number of hydrogen-bond acceptors (Lipinski definition) is 6. The monoisotopic (exact) mass is 377 g/mol. The molecule has 24 heavy (non-hydrogen) atoms. The lowest BCUT2D eigenvalue weighted by Crippen LogP contribution is -2.43. The third-order valence-electron chi connectivity index (χ3n) is 4.65. The number of piperidine rings is 1. The Bertz CT molecular complexity index is 727. The molecule has 0 bridgehead atoms. The van der Waals surface area contributed by atoms with Crippen molar-refractivity contribution < 1.29 is 18.1 Å². The maximum absolute atomic E-state index is 12.8. The number of halogens is 1. The highest BCUT2D eigenvalue weighted by molar-refractivity contribution is 7.89. The van der Waals surface area contributed by atoms with Crippen molar-refractivity contribution in [1.82, 2.24) is 9.62 Å². The molecular formula is C14H20ClN3O5S. The van der Waals surface area contributed by atoms with Crippen molar-refractivity contribution in [2.45, 2.75) is 11.3 Å². The molecule has 2 fully saturated rings. The Balaban J connectivity index is 0.00000208. The van der Waals surface area contributed by atoms with Crippen LogP contribution in [0.5, 0.6) is 5.75 Å². The van der Waals surface area contributed by atoms with Gasteiger partial charge in [0.1, 0.15) is 0 Å². The van der Waals surface area contributed by atoms with E-state index in [1.807, 2.05) is 0 Å². The summed E-state index contributed by atoms with van der Waals surface area (Å²) in [6.45, 7) is 2.66. The number of ether oxygens (including phenoxy) is 1. The lowest BCUT2D eigenvalue weighted by molar-refractivity contribution is -0.386. The van der Waals surface area contributed by atoms with E-state index in [-0.39, 0.29) is 28.7 Å². The summed E-state index contributed by atoms with van der Waals surface area (Å²) in [5.74, 6) is 0.881. The zero-order chi connectivity index (χ0) is 16.6. The number of sulfonamides is 1. The van der Waals surface area contributed by atoms with Crippen LogP contribution in [0.4, 0.5) is 5.69 Å². The predicted molar refractivity (Wildman–Crippen MR) is 90.1 cm³/mol. The van der Waals surface area contributed by atoms with Crippen molar-refractivity contribution in [1.29, 1.82) is 0 Å². The molecule has 2 unspecified atom stereocenters. The molecule has 2 saturated heterocycles. The van der Waals surface area contributed by atoms with Crippen LogP contribution in [0.3, 0.4) is 0 Å².